The zero-order valence-corrected chi connectivity index (χ0v) is 19.7. The van der Waals surface area contributed by atoms with Gasteiger partial charge in [0.1, 0.15) is 17.2 Å². The predicted octanol–water partition coefficient (Wildman–Crippen LogP) is 4.41. The van der Waals surface area contributed by atoms with Crippen LogP contribution in [-0.2, 0) is 6.54 Å². The first-order valence-electron chi connectivity index (χ1n) is 11.0. The van der Waals surface area contributed by atoms with E-state index in [-0.39, 0.29) is 35.8 Å². The Hall–Kier alpha value is -4.51. The number of benzene rings is 2. The Balaban J connectivity index is 1.67. The van der Waals surface area contributed by atoms with Gasteiger partial charge in [-0.15, -0.1) is 0 Å². The molecular weight excluding hydrogens is 448 g/mol. The van der Waals surface area contributed by atoms with Crippen LogP contribution >= 0.6 is 0 Å². The van der Waals surface area contributed by atoms with Crippen molar-refractivity contribution in [3.63, 3.8) is 0 Å². The second-order valence-corrected chi connectivity index (χ2v) is 8.73. The number of hydrogen-bond donors (Lipinski definition) is 1. The molecule has 5 rings (SSSR count). The minimum Gasteiger partial charge on any atom is -0.494 e. The molecule has 0 unspecified atom stereocenters. The zero-order chi connectivity index (χ0) is 25.0. The van der Waals surface area contributed by atoms with Crippen molar-refractivity contribution in [3.8, 4) is 23.4 Å². The molecule has 0 saturated heterocycles. The summed E-state index contributed by atoms with van der Waals surface area (Å²) in [7, 11) is 0. The Kier molecular flexibility index (Phi) is 5.13. The van der Waals surface area contributed by atoms with Crippen LogP contribution in [0, 0.1) is 39.0 Å². The van der Waals surface area contributed by atoms with E-state index in [1.54, 1.807) is 25.1 Å². The first-order valence-corrected chi connectivity index (χ1v) is 11.0. The number of aromatic hydroxyl groups is 1. The highest BCUT2D eigenvalue weighted by Gasteiger charge is 2.29. The number of furan rings is 1. The Morgan fingerprint density at radius 2 is 1.83 bits per heavy atom. The molecule has 0 saturated carbocycles. The lowest BCUT2D eigenvalue weighted by Crippen LogP contribution is -2.27. The van der Waals surface area contributed by atoms with E-state index in [0.717, 1.165) is 21.1 Å². The third kappa shape index (κ3) is 3.44. The molecule has 0 radical (unpaired) electrons. The second kappa shape index (κ2) is 8.06. The molecule has 8 heteroatoms. The molecule has 0 atom stereocenters. The van der Waals surface area contributed by atoms with Gasteiger partial charge in [0.2, 0.25) is 18.5 Å². The van der Waals surface area contributed by atoms with E-state index in [9.17, 15) is 20.0 Å². The molecule has 176 valence electrons. The van der Waals surface area contributed by atoms with Crippen molar-refractivity contribution in [2.75, 3.05) is 6.79 Å². The van der Waals surface area contributed by atoms with E-state index in [1.807, 2.05) is 32.0 Å². The van der Waals surface area contributed by atoms with E-state index in [0.29, 0.717) is 28.2 Å². The Morgan fingerprint density at radius 1 is 1.09 bits per heavy atom. The van der Waals surface area contributed by atoms with E-state index in [2.05, 4.69) is 0 Å². The molecule has 0 bridgehead atoms. The van der Waals surface area contributed by atoms with Crippen molar-refractivity contribution in [2.24, 2.45) is 0 Å². The zero-order valence-electron chi connectivity index (χ0n) is 19.7. The number of carbonyl (C=O) groups excluding carboxylic acids is 1. The van der Waals surface area contributed by atoms with Crippen LogP contribution in [0.15, 0.2) is 39.5 Å². The summed E-state index contributed by atoms with van der Waals surface area (Å²) in [4.78, 5) is 26.8. The number of ketones is 1. The van der Waals surface area contributed by atoms with Gasteiger partial charge < -0.3 is 19.0 Å². The van der Waals surface area contributed by atoms with Gasteiger partial charge >= 0.3 is 0 Å². The molecule has 1 aliphatic heterocycles. The van der Waals surface area contributed by atoms with E-state index >= 15 is 0 Å². The predicted molar refractivity (Wildman–Crippen MR) is 127 cm³/mol. The molecule has 4 aromatic rings. The summed E-state index contributed by atoms with van der Waals surface area (Å²) >= 11 is 0. The summed E-state index contributed by atoms with van der Waals surface area (Å²) in [5.74, 6) is 0.0316. The van der Waals surface area contributed by atoms with Crippen molar-refractivity contribution in [2.45, 2.75) is 34.2 Å². The maximum atomic E-state index is 13.7. The number of carbonyl (C=O) groups is 1. The third-order valence-electron chi connectivity index (χ3n) is 6.38. The number of hydrogen-bond acceptors (Lipinski definition) is 7. The molecule has 1 aliphatic rings. The molecule has 35 heavy (non-hydrogen) atoms. The first-order chi connectivity index (χ1) is 16.7. The molecule has 3 heterocycles. The van der Waals surface area contributed by atoms with Gasteiger partial charge in [0.25, 0.3) is 5.56 Å². The number of rotatable bonds is 4. The minimum absolute atomic E-state index is 0.0595. The molecule has 8 nitrogen and oxygen atoms in total. The van der Waals surface area contributed by atoms with Gasteiger partial charge in [-0.05, 0) is 68.1 Å². The number of aryl methyl sites for hydroxylation is 3. The average molecular weight is 470 g/mol. The lowest BCUT2D eigenvalue weighted by atomic mass is 9.97. The van der Waals surface area contributed by atoms with Crippen LogP contribution in [0.1, 0.15) is 49.5 Å². The van der Waals surface area contributed by atoms with Crippen molar-refractivity contribution in [3.05, 3.63) is 85.4 Å². The standard InChI is InChI=1S/C27H22N2O6/c1-13-7-14(2)22-16(4)25(35-21(22)8-13)24(30)23-15(3)18(10-28)26(31)29(27(23)32)11-17-5-6-19-20(9-17)34-12-33-19/h5-9,32H,11-12H2,1-4H3. The topological polar surface area (TPSA) is 115 Å². The van der Waals surface area contributed by atoms with Crippen molar-refractivity contribution in [1.29, 1.82) is 5.26 Å². The fourth-order valence-electron chi connectivity index (χ4n) is 4.71. The highest BCUT2D eigenvalue weighted by molar-refractivity contribution is 6.13. The molecule has 0 fully saturated rings. The molecule has 0 amide bonds. The van der Waals surface area contributed by atoms with E-state index in [1.165, 1.54) is 6.92 Å². The first kappa shape index (κ1) is 22.3. The molecule has 0 aliphatic carbocycles. The Morgan fingerprint density at radius 3 is 2.57 bits per heavy atom. The Bertz CT molecular complexity index is 1650. The van der Waals surface area contributed by atoms with Crippen LogP contribution in [0.3, 0.4) is 0 Å². The van der Waals surface area contributed by atoms with Crippen LogP contribution < -0.4 is 15.0 Å². The summed E-state index contributed by atoms with van der Waals surface area (Å²) in [5, 5.41) is 21.7. The SMILES string of the molecule is Cc1cc(C)c2c(C)c(C(=O)c3c(C)c(C#N)c(=O)n(Cc4ccc5c(c4)OCO5)c3O)oc2c1. The maximum Gasteiger partial charge on any atom is 0.271 e. The summed E-state index contributed by atoms with van der Waals surface area (Å²) in [6, 6.07) is 10.9. The largest absolute Gasteiger partial charge is 0.494 e. The van der Waals surface area contributed by atoms with Crippen LogP contribution in [0.2, 0.25) is 0 Å². The van der Waals surface area contributed by atoms with E-state index in [4.69, 9.17) is 13.9 Å². The fourth-order valence-corrected chi connectivity index (χ4v) is 4.71. The maximum absolute atomic E-state index is 13.7. The summed E-state index contributed by atoms with van der Waals surface area (Å²) < 4.78 is 17.7. The monoisotopic (exact) mass is 470 g/mol. The number of ether oxygens (including phenoxy) is 2. The lowest BCUT2D eigenvalue weighted by molar-refractivity contribution is 0.101. The molecule has 2 aromatic carbocycles. The highest BCUT2D eigenvalue weighted by atomic mass is 16.7. The van der Waals surface area contributed by atoms with Crippen LogP contribution in [0.5, 0.6) is 17.4 Å². The van der Waals surface area contributed by atoms with Crippen LogP contribution in [0.4, 0.5) is 0 Å². The molecule has 1 N–H and O–H groups in total. The number of aromatic nitrogens is 1. The minimum atomic E-state index is -0.690. The van der Waals surface area contributed by atoms with Gasteiger partial charge in [0.05, 0.1) is 12.1 Å². The normalized spacial score (nSPS) is 12.2. The van der Waals surface area contributed by atoms with Crippen molar-refractivity contribution < 1.29 is 23.8 Å². The van der Waals surface area contributed by atoms with Gasteiger partial charge in [-0.1, -0.05) is 12.1 Å². The van der Waals surface area contributed by atoms with E-state index < -0.39 is 17.2 Å². The average Bonchev–Trinajstić information content (AvgIpc) is 3.40. The molecule has 2 aromatic heterocycles. The third-order valence-corrected chi connectivity index (χ3v) is 6.38. The lowest BCUT2D eigenvalue weighted by Gasteiger charge is -2.15. The molecular formula is C27H22N2O6. The van der Waals surface area contributed by atoms with Gasteiger partial charge in [0.15, 0.2) is 17.3 Å². The Labute approximate surface area is 200 Å². The van der Waals surface area contributed by atoms with Crippen molar-refractivity contribution >= 4 is 16.8 Å². The highest BCUT2D eigenvalue weighted by Crippen LogP contribution is 2.35. The summed E-state index contributed by atoms with van der Waals surface area (Å²) in [5.41, 5.74) is 2.84. The van der Waals surface area contributed by atoms with Crippen molar-refractivity contribution in [1.82, 2.24) is 4.57 Å². The summed E-state index contributed by atoms with van der Waals surface area (Å²) in [6.07, 6.45) is 0. The smallest absolute Gasteiger partial charge is 0.271 e. The number of nitrogens with zero attached hydrogens (tertiary/aromatic N) is 2. The van der Waals surface area contributed by atoms with Gasteiger partial charge in [-0.3, -0.25) is 14.2 Å². The van der Waals surface area contributed by atoms with Crippen LogP contribution in [-0.4, -0.2) is 22.2 Å². The number of pyridine rings is 1. The van der Waals surface area contributed by atoms with Gasteiger partial charge in [0, 0.05) is 10.9 Å². The second-order valence-electron chi connectivity index (χ2n) is 8.73. The summed E-state index contributed by atoms with van der Waals surface area (Å²) in [6.45, 7) is 7.16. The molecule has 0 spiro atoms. The quantitative estimate of drug-likeness (QED) is 0.439. The number of nitriles is 1. The van der Waals surface area contributed by atoms with Gasteiger partial charge in [-0.2, -0.15) is 5.26 Å². The van der Waals surface area contributed by atoms with Crippen LogP contribution in [0.25, 0.3) is 11.0 Å². The number of fused-ring (bicyclic) bond motifs is 2. The van der Waals surface area contributed by atoms with Gasteiger partial charge in [-0.25, -0.2) is 0 Å². The fraction of sp³-hybridized carbons (Fsp3) is 0.222.